The number of hydrogen-bond acceptors (Lipinski definition) is 3. The van der Waals surface area contributed by atoms with E-state index in [1.54, 1.807) is 6.07 Å². The summed E-state index contributed by atoms with van der Waals surface area (Å²) >= 11 is 2.02. The fourth-order valence-electron chi connectivity index (χ4n) is 2.33. The van der Waals surface area contributed by atoms with Gasteiger partial charge in [-0.25, -0.2) is 5.84 Å². The van der Waals surface area contributed by atoms with E-state index in [2.05, 4.69) is 11.5 Å². The van der Waals surface area contributed by atoms with Crippen molar-refractivity contribution in [3.63, 3.8) is 0 Å². The highest BCUT2D eigenvalue weighted by atomic mass is 32.2. The molecule has 4 heteroatoms. The van der Waals surface area contributed by atoms with Crippen LogP contribution in [0.5, 0.6) is 0 Å². The summed E-state index contributed by atoms with van der Waals surface area (Å²) in [4.78, 5) is 11.4. The van der Waals surface area contributed by atoms with E-state index in [4.69, 9.17) is 5.84 Å². The zero-order valence-corrected chi connectivity index (χ0v) is 11.3. The zero-order valence-electron chi connectivity index (χ0n) is 10.5. The van der Waals surface area contributed by atoms with Crippen molar-refractivity contribution in [3.8, 4) is 0 Å². The number of carbonyl (C=O) groups excluding carboxylic acids is 1. The van der Waals surface area contributed by atoms with Gasteiger partial charge >= 0.3 is 0 Å². The van der Waals surface area contributed by atoms with Gasteiger partial charge in [0, 0.05) is 16.6 Å². The summed E-state index contributed by atoms with van der Waals surface area (Å²) in [6.45, 7) is 0. The van der Waals surface area contributed by atoms with Gasteiger partial charge in [0.25, 0.3) is 5.91 Å². The third-order valence-corrected chi connectivity index (χ3v) is 4.80. The van der Waals surface area contributed by atoms with Crippen molar-refractivity contribution >= 4 is 17.7 Å². The lowest BCUT2D eigenvalue weighted by atomic mass is 10.0. The average Bonchev–Trinajstić information content (AvgIpc) is 2.45. The summed E-state index contributed by atoms with van der Waals surface area (Å²) in [6, 6.07) is 7.71. The molecule has 0 radical (unpaired) electrons. The van der Waals surface area contributed by atoms with Crippen molar-refractivity contribution < 1.29 is 4.79 Å². The number of thioether (sulfide) groups is 1. The first-order chi connectivity index (χ1) is 8.79. The summed E-state index contributed by atoms with van der Waals surface area (Å²) in [5.74, 6) is 5.90. The normalized spacial score (nSPS) is 16.5. The summed E-state index contributed by atoms with van der Waals surface area (Å²) in [6.07, 6.45) is 6.81. The molecule has 2 rings (SSSR count). The fourth-order valence-corrected chi connectivity index (χ4v) is 3.61. The van der Waals surface area contributed by atoms with Gasteiger partial charge in [-0.05, 0) is 30.5 Å². The van der Waals surface area contributed by atoms with E-state index < -0.39 is 0 Å². The second-order valence-corrected chi connectivity index (χ2v) is 6.03. The van der Waals surface area contributed by atoms with Crippen LogP contribution in [-0.4, -0.2) is 11.2 Å². The lowest BCUT2D eigenvalue weighted by Gasteiger charge is -2.20. The monoisotopic (exact) mass is 264 g/mol. The Balaban J connectivity index is 1.90. The summed E-state index contributed by atoms with van der Waals surface area (Å²) < 4.78 is 0. The van der Waals surface area contributed by atoms with Gasteiger partial charge in [0.1, 0.15) is 0 Å². The molecule has 0 aliphatic heterocycles. The first kappa shape index (κ1) is 13.4. The molecule has 3 N–H and O–H groups in total. The van der Waals surface area contributed by atoms with Crippen LogP contribution < -0.4 is 11.3 Å². The Morgan fingerprint density at radius 1 is 1.33 bits per heavy atom. The smallest absolute Gasteiger partial charge is 0.265 e. The maximum Gasteiger partial charge on any atom is 0.265 e. The third-order valence-electron chi connectivity index (χ3n) is 3.36. The molecule has 1 aliphatic rings. The van der Waals surface area contributed by atoms with Crippen molar-refractivity contribution in [2.45, 2.75) is 43.1 Å². The number of nitrogens with one attached hydrogen (secondary N) is 1. The Bertz CT molecular complexity index is 403. The largest absolute Gasteiger partial charge is 0.290 e. The number of carbonyl (C=O) groups is 1. The standard InChI is InChI=1S/C14H20N2OS/c15-16-14(17)12-6-4-5-11(9-12)10-18-13-7-2-1-3-8-13/h4-6,9,13H,1-3,7-8,10,15H2,(H,16,17). The molecular weight excluding hydrogens is 244 g/mol. The molecule has 98 valence electrons. The van der Waals surface area contributed by atoms with Crippen molar-refractivity contribution in [2.75, 3.05) is 0 Å². The molecule has 0 spiro atoms. The summed E-state index contributed by atoms with van der Waals surface area (Å²) in [5.41, 5.74) is 4.01. The van der Waals surface area contributed by atoms with Gasteiger partial charge in [-0.1, -0.05) is 31.4 Å². The molecule has 0 bridgehead atoms. The van der Waals surface area contributed by atoms with Crippen LogP contribution in [-0.2, 0) is 5.75 Å². The molecule has 3 nitrogen and oxygen atoms in total. The van der Waals surface area contributed by atoms with E-state index in [-0.39, 0.29) is 5.91 Å². The maximum atomic E-state index is 11.4. The van der Waals surface area contributed by atoms with Crippen LogP contribution in [0.1, 0.15) is 48.0 Å². The Kier molecular flexibility index (Phi) is 5.08. The summed E-state index contributed by atoms with van der Waals surface area (Å²) in [7, 11) is 0. The van der Waals surface area contributed by atoms with Crippen LogP contribution >= 0.6 is 11.8 Å². The van der Waals surface area contributed by atoms with Crippen molar-refractivity contribution in [1.29, 1.82) is 0 Å². The van der Waals surface area contributed by atoms with Crippen LogP contribution in [0.15, 0.2) is 24.3 Å². The minimum absolute atomic E-state index is 0.223. The predicted molar refractivity (Wildman–Crippen MR) is 76.3 cm³/mol. The fraction of sp³-hybridized carbons (Fsp3) is 0.500. The molecule has 1 aliphatic carbocycles. The number of hydrogen-bond donors (Lipinski definition) is 2. The van der Waals surface area contributed by atoms with Gasteiger partial charge < -0.3 is 0 Å². The molecule has 0 unspecified atom stereocenters. The molecule has 1 amide bonds. The van der Waals surface area contributed by atoms with Crippen LogP contribution in [0.25, 0.3) is 0 Å². The van der Waals surface area contributed by atoms with E-state index in [1.807, 2.05) is 23.9 Å². The molecule has 1 aromatic carbocycles. The van der Waals surface area contributed by atoms with Crippen molar-refractivity contribution in [2.24, 2.45) is 5.84 Å². The number of amides is 1. The summed E-state index contributed by atoms with van der Waals surface area (Å²) in [5, 5.41) is 0.797. The Hall–Kier alpha value is -1.00. The molecule has 0 saturated heterocycles. The molecule has 0 heterocycles. The van der Waals surface area contributed by atoms with Crippen LogP contribution in [0.4, 0.5) is 0 Å². The minimum atomic E-state index is -0.223. The minimum Gasteiger partial charge on any atom is -0.290 e. The van der Waals surface area contributed by atoms with E-state index in [0.717, 1.165) is 11.0 Å². The molecule has 1 fully saturated rings. The maximum absolute atomic E-state index is 11.4. The molecule has 1 saturated carbocycles. The van der Waals surface area contributed by atoms with Gasteiger partial charge in [0.2, 0.25) is 0 Å². The Morgan fingerprint density at radius 2 is 2.11 bits per heavy atom. The van der Waals surface area contributed by atoms with E-state index in [0.29, 0.717) is 5.56 Å². The SMILES string of the molecule is NNC(=O)c1cccc(CSC2CCCCC2)c1. The van der Waals surface area contributed by atoms with Crippen LogP contribution in [0, 0.1) is 0 Å². The number of benzene rings is 1. The van der Waals surface area contributed by atoms with Crippen molar-refractivity contribution in [3.05, 3.63) is 35.4 Å². The third kappa shape index (κ3) is 3.75. The van der Waals surface area contributed by atoms with Crippen LogP contribution in [0.3, 0.4) is 0 Å². The van der Waals surface area contributed by atoms with E-state index >= 15 is 0 Å². The van der Waals surface area contributed by atoms with Gasteiger partial charge in [-0.3, -0.25) is 10.2 Å². The van der Waals surface area contributed by atoms with Gasteiger partial charge in [0.05, 0.1) is 0 Å². The van der Waals surface area contributed by atoms with Crippen molar-refractivity contribution in [1.82, 2.24) is 5.43 Å². The number of hydrazine groups is 1. The van der Waals surface area contributed by atoms with Crippen LogP contribution in [0.2, 0.25) is 0 Å². The number of nitrogen functional groups attached to an aromatic ring is 1. The van der Waals surface area contributed by atoms with E-state index in [9.17, 15) is 4.79 Å². The topological polar surface area (TPSA) is 55.1 Å². The predicted octanol–water partition coefficient (Wildman–Crippen LogP) is 2.86. The second-order valence-electron chi connectivity index (χ2n) is 4.74. The Labute approximate surface area is 112 Å². The highest BCUT2D eigenvalue weighted by Crippen LogP contribution is 2.30. The molecule has 1 aromatic rings. The van der Waals surface area contributed by atoms with Gasteiger partial charge in [-0.2, -0.15) is 11.8 Å². The number of rotatable bonds is 4. The quantitative estimate of drug-likeness (QED) is 0.499. The van der Waals surface area contributed by atoms with Gasteiger partial charge in [-0.15, -0.1) is 0 Å². The lowest BCUT2D eigenvalue weighted by Crippen LogP contribution is -2.29. The lowest BCUT2D eigenvalue weighted by molar-refractivity contribution is 0.0953. The molecule has 0 atom stereocenters. The number of nitrogens with two attached hydrogens (primary N) is 1. The van der Waals surface area contributed by atoms with Gasteiger partial charge in [0.15, 0.2) is 0 Å². The average molecular weight is 264 g/mol. The highest BCUT2D eigenvalue weighted by molar-refractivity contribution is 7.99. The Morgan fingerprint density at radius 3 is 2.83 bits per heavy atom. The molecular formula is C14H20N2OS. The first-order valence-corrected chi connectivity index (χ1v) is 7.56. The van der Waals surface area contributed by atoms with E-state index in [1.165, 1.54) is 37.7 Å². The zero-order chi connectivity index (χ0) is 12.8. The highest BCUT2D eigenvalue weighted by Gasteiger charge is 2.13. The second kappa shape index (κ2) is 6.81. The molecule has 0 aromatic heterocycles. The first-order valence-electron chi connectivity index (χ1n) is 6.51. The molecule has 18 heavy (non-hydrogen) atoms.